The Bertz CT molecular complexity index is 164. The molecular formula is C11H20O. The highest BCUT2D eigenvalue weighted by atomic mass is 16.5. The summed E-state index contributed by atoms with van der Waals surface area (Å²) in [6, 6.07) is 0. The first kappa shape index (κ1) is 13.6. The summed E-state index contributed by atoms with van der Waals surface area (Å²) in [6.45, 7) is 11.6. The minimum absolute atomic E-state index is 0.873. The molecule has 0 radical (unpaired) electrons. The Morgan fingerprint density at radius 2 is 1.67 bits per heavy atom. The molecule has 0 fully saturated rings. The summed E-state index contributed by atoms with van der Waals surface area (Å²) in [5, 5.41) is 0. The second-order valence-electron chi connectivity index (χ2n) is 1.81. The van der Waals surface area contributed by atoms with Crippen LogP contribution in [0, 0.1) is 0 Å². The van der Waals surface area contributed by atoms with Gasteiger partial charge in [-0.1, -0.05) is 32.6 Å². The number of ether oxygens (including phenoxy) is 1. The maximum atomic E-state index is 5.06. The highest BCUT2D eigenvalue weighted by molar-refractivity contribution is 5.33. The van der Waals surface area contributed by atoms with Gasteiger partial charge in [0.15, 0.2) is 0 Å². The molecule has 0 rings (SSSR count). The fourth-order valence-corrected chi connectivity index (χ4v) is 0.763. The molecule has 0 unspecified atom stereocenters. The van der Waals surface area contributed by atoms with Gasteiger partial charge in [-0.05, 0) is 19.9 Å². The van der Waals surface area contributed by atoms with Gasteiger partial charge in [-0.25, -0.2) is 0 Å². The fourth-order valence-electron chi connectivity index (χ4n) is 0.763. The molecule has 0 aliphatic rings. The lowest BCUT2D eigenvalue weighted by Crippen LogP contribution is -1.87. The van der Waals surface area contributed by atoms with Gasteiger partial charge in [-0.2, -0.15) is 0 Å². The highest BCUT2D eigenvalue weighted by Crippen LogP contribution is 2.10. The Morgan fingerprint density at radius 3 is 1.75 bits per heavy atom. The number of hydrogen-bond acceptors (Lipinski definition) is 1. The Kier molecular flexibility index (Phi) is 11.4. The molecule has 0 atom stereocenters. The van der Waals surface area contributed by atoms with E-state index < -0.39 is 0 Å². The van der Waals surface area contributed by atoms with Crippen molar-refractivity contribution < 1.29 is 4.74 Å². The van der Waals surface area contributed by atoms with Gasteiger partial charge < -0.3 is 4.74 Å². The molecule has 0 aliphatic carbocycles. The number of allylic oxidation sites excluding steroid dienone is 3. The van der Waals surface area contributed by atoms with Crippen molar-refractivity contribution in [3.63, 3.8) is 0 Å². The first-order valence-corrected chi connectivity index (χ1v) is 4.29. The predicted molar refractivity (Wildman–Crippen MR) is 56.1 cm³/mol. The second-order valence-corrected chi connectivity index (χ2v) is 1.81. The van der Waals surface area contributed by atoms with Crippen LogP contribution in [-0.4, -0.2) is 7.11 Å². The van der Waals surface area contributed by atoms with E-state index in [1.807, 2.05) is 39.8 Å². The zero-order chi connectivity index (χ0) is 9.98. The van der Waals surface area contributed by atoms with Crippen LogP contribution in [0.4, 0.5) is 0 Å². The molecule has 0 heterocycles. The SMILES string of the molecule is C=CC(=C/C)/C(=C\C)OC.CC. The molecule has 1 nitrogen and oxygen atoms in total. The summed E-state index contributed by atoms with van der Waals surface area (Å²) in [7, 11) is 1.66. The van der Waals surface area contributed by atoms with Gasteiger partial charge in [0.2, 0.25) is 0 Å². The topological polar surface area (TPSA) is 9.23 Å². The number of rotatable bonds is 3. The standard InChI is InChI=1S/C9H14O.C2H6/c1-5-8(6-2)9(7-3)10-4;1-2/h5-7H,1H2,2-4H3;1-2H3/b8-6-,9-7+;. The van der Waals surface area contributed by atoms with E-state index in [1.54, 1.807) is 13.2 Å². The molecule has 0 aromatic rings. The third kappa shape index (κ3) is 4.78. The molecule has 0 saturated heterocycles. The third-order valence-corrected chi connectivity index (χ3v) is 1.30. The average Bonchev–Trinajstić information content (AvgIpc) is 2.17. The van der Waals surface area contributed by atoms with E-state index in [0.29, 0.717) is 0 Å². The monoisotopic (exact) mass is 168 g/mol. The Hall–Kier alpha value is -0.980. The highest BCUT2D eigenvalue weighted by Gasteiger charge is 1.95. The van der Waals surface area contributed by atoms with Crippen LogP contribution in [0.25, 0.3) is 0 Å². The van der Waals surface area contributed by atoms with Gasteiger partial charge in [0.25, 0.3) is 0 Å². The van der Waals surface area contributed by atoms with Crippen molar-refractivity contribution in [1.82, 2.24) is 0 Å². The minimum atomic E-state index is 0.873. The van der Waals surface area contributed by atoms with Crippen LogP contribution in [0.5, 0.6) is 0 Å². The van der Waals surface area contributed by atoms with Gasteiger partial charge in [0.05, 0.1) is 7.11 Å². The van der Waals surface area contributed by atoms with Gasteiger partial charge in [0.1, 0.15) is 5.76 Å². The fraction of sp³-hybridized carbons (Fsp3) is 0.455. The largest absolute Gasteiger partial charge is 0.496 e. The number of hydrogen-bond donors (Lipinski definition) is 0. The molecule has 0 amide bonds. The minimum Gasteiger partial charge on any atom is -0.496 e. The van der Waals surface area contributed by atoms with E-state index in [2.05, 4.69) is 6.58 Å². The van der Waals surface area contributed by atoms with Crippen LogP contribution in [0.2, 0.25) is 0 Å². The van der Waals surface area contributed by atoms with Crippen LogP contribution < -0.4 is 0 Å². The molecule has 0 spiro atoms. The van der Waals surface area contributed by atoms with Gasteiger partial charge in [-0.3, -0.25) is 0 Å². The van der Waals surface area contributed by atoms with E-state index >= 15 is 0 Å². The number of methoxy groups -OCH3 is 1. The van der Waals surface area contributed by atoms with E-state index in [4.69, 9.17) is 4.74 Å². The zero-order valence-electron chi connectivity index (χ0n) is 8.85. The summed E-state index contributed by atoms with van der Waals surface area (Å²) in [6.07, 6.45) is 5.65. The normalized spacial score (nSPS) is 11.4. The molecule has 0 aromatic carbocycles. The smallest absolute Gasteiger partial charge is 0.121 e. The Morgan fingerprint density at radius 1 is 1.17 bits per heavy atom. The van der Waals surface area contributed by atoms with Crippen molar-refractivity contribution in [2.75, 3.05) is 7.11 Å². The van der Waals surface area contributed by atoms with Gasteiger partial charge >= 0.3 is 0 Å². The Balaban J connectivity index is 0. The van der Waals surface area contributed by atoms with Crippen LogP contribution in [-0.2, 0) is 4.74 Å². The molecule has 12 heavy (non-hydrogen) atoms. The molecular weight excluding hydrogens is 148 g/mol. The van der Waals surface area contributed by atoms with Gasteiger partial charge in [0, 0.05) is 5.57 Å². The van der Waals surface area contributed by atoms with Crippen LogP contribution in [0.15, 0.2) is 36.1 Å². The second kappa shape index (κ2) is 10.0. The quantitative estimate of drug-likeness (QED) is 0.461. The summed E-state index contributed by atoms with van der Waals surface area (Å²) in [5.41, 5.74) is 1.03. The van der Waals surface area contributed by atoms with E-state index in [9.17, 15) is 0 Å². The summed E-state index contributed by atoms with van der Waals surface area (Å²) < 4.78 is 5.06. The molecule has 70 valence electrons. The third-order valence-electron chi connectivity index (χ3n) is 1.30. The molecule has 1 heteroatoms. The first-order valence-electron chi connectivity index (χ1n) is 4.29. The van der Waals surface area contributed by atoms with Crippen molar-refractivity contribution >= 4 is 0 Å². The zero-order valence-corrected chi connectivity index (χ0v) is 8.85. The van der Waals surface area contributed by atoms with E-state index in [-0.39, 0.29) is 0 Å². The summed E-state index contributed by atoms with van der Waals surface area (Å²) in [4.78, 5) is 0. The lowest BCUT2D eigenvalue weighted by Gasteiger charge is -2.04. The lowest BCUT2D eigenvalue weighted by molar-refractivity contribution is 0.302. The van der Waals surface area contributed by atoms with Crippen LogP contribution >= 0.6 is 0 Å². The molecule has 0 N–H and O–H groups in total. The van der Waals surface area contributed by atoms with Crippen molar-refractivity contribution in [3.05, 3.63) is 36.1 Å². The lowest BCUT2D eigenvalue weighted by atomic mass is 10.2. The predicted octanol–water partition coefficient (Wildman–Crippen LogP) is 3.70. The van der Waals surface area contributed by atoms with Crippen molar-refractivity contribution in [2.24, 2.45) is 0 Å². The van der Waals surface area contributed by atoms with Crippen LogP contribution in [0.3, 0.4) is 0 Å². The molecule has 0 aliphatic heterocycles. The van der Waals surface area contributed by atoms with Crippen LogP contribution in [0.1, 0.15) is 27.7 Å². The van der Waals surface area contributed by atoms with Crippen molar-refractivity contribution in [1.29, 1.82) is 0 Å². The summed E-state index contributed by atoms with van der Waals surface area (Å²) in [5.74, 6) is 0.873. The molecule has 0 saturated carbocycles. The first-order chi connectivity index (χ1) is 5.79. The Labute approximate surface area is 76.4 Å². The van der Waals surface area contributed by atoms with E-state index in [0.717, 1.165) is 11.3 Å². The van der Waals surface area contributed by atoms with E-state index in [1.165, 1.54) is 0 Å². The molecule has 0 aromatic heterocycles. The average molecular weight is 168 g/mol. The summed E-state index contributed by atoms with van der Waals surface area (Å²) >= 11 is 0. The van der Waals surface area contributed by atoms with Crippen molar-refractivity contribution in [2.45, 2.75) is 27.7 Å². The maximum absolute atomic E-state index is 5.06. The maximum Gasteiger partial charge on any atom is 0.121 e. The molecule has 0 bridgehead atoms. The van der Waals surface area contributed by atoms with Crippen molar-refractivity contribution in [3.8, 4) is 0 Å². The van der Waals surface area contributed by atoms with Gasteiger partial charge in [-0.15, -0.1) is 0 Å².